The van der Waals surface area contributed by atoms with Crippen molar-refractivity contribution in [2.24, 2.45) is 0 Å². The number of carbonyl (C=O) groups excluding carboxylic acids is 1. The van der Waals surface area contributed by atoms with E-state index in [1.807, 2.05) is 44.3 Å². The van der Waals surface area contributed by atoms with Crippen LogP contribution in [-0.4, -0.2) is 19.0 Å². The van der Waals surface area contributed by atoms with Gasteiger partial charge in [0, 0.05) is 17.0 Å². The summed E-state index contributed by atoms with van der Waals surface area (Å²) in [7, 11) is 0.500. The third-order valence-corrected chi connectivity index (χ3v) is 4.02. The third-order valence-electron chi connectivity index (χ3n) is 3.25. The highest BCUT2D eigenvalue weighted by Crippen LogP contribution is 2.20. The van der Waals surface area contributed by atoms with E-state index in [-0.39, 0.29) is 5.82 Å². The van der Waals surface area contributed by atoms with Crippen LogP contribution in [0.25, 0.3) is 11.3 Å². The smallest absolute Gasteiger partial charge is 0.211 e. The van der Waals surface area contributed by atoms with E-state index in [1.54, 1.807) is 17.4 Å². The van der Waals surface area contributed by atoms with E-state index >= 15 is 0 Å². The van der Waals surface area contributed by atoms with E-state index in [1.165, 1.54) is 12.1 Å². The number of alkyl halides is 1. The Morgan fingerprint density at radius 2 is 1.85 bits per heavy atom. The molecule has 134 valence electrons. The number of rotatable bonds is 1. The van der Waals surface area contributed by atoms with Crippen LogP contribution in [0.2, 0.25) is 0 Å². The lowest BCUT2D eigenvalue weighted by Crippen LogP contribution is -2.07. The second kappa shape index (κ2) is 10.9. The number of aryl methyl sites for hydroxylation is 2. The number of halogens is 2. The molecule has 0 spiro atoms. The standard InChI is InChI=1S/C18H13FN2S.CH3F.CH2O/c1-12-9-15(19)5-7-17(12)18-8-4-14(10-20-18)3-6-16-11-22-13(2)21-16;2*1-2/h4-5,7-11H,1-2H3;1H3;1H2/p+1. The molecule has 0 bridgehead atoms. The number of pyridine rings is 1. The molecule has 6 heteroatoms. The molecule has 26 heavy (non-hydrogen) atoms. The second-order valence-corrected chi connectivity index (χ2v) is 6.01. The fourth-order valence-electron chi connectivity index (χ4n) is 2.16. The largest absolute Gasteiger partial charge is 0.307 e. The van der Waals surface area contributed by atoms with Gasteiger partial charge in [0.2, 0.25) is 5.69 Å². The van der Waals surface area contributed by atoms with Crippen molar-refractivity contribution in [3.05, 3.63) is 69.6 Å². The Morgan fingerprint density at radius 1 is 1.12 bits per heavy atom. The van der Waals surface area contributed by atoms with Crippen molar-refractivity contribution in [1.29, 1.82) is 0 Å². The van der Waals surface area contributed by atoms with E-state index in [0.29, 0.717) is 7.18 Å². The van der Waals surface area contributed by atoms with Crippen molar-refractivity contribution < 1.29 is 18.6 Å². The molecule has 0 amide bonds. The first-order chi connectivity index (χ1) is 12.6. The number of thiazole rings is 1. The average molecular weight is 373 g/mol. The van der Waals surface area contributed by atoms with Crippen LogP contribution in [0.5, 0.6) is 0 Å². The first kappa shape index (κ1) is 21.1. The van der Waals surface area contributed by atoms with Crippen LogP contribution in [0.15, 0.2) is 41.9 Å². The van der Waals surface area contributed by atoms with Crippen molar-refractivity contribution in [3.63, 3.8) is 0 Å². The number of nitrogens with one attached hydrogen (secondary N) is 1. The molecule has 0 saturated carbocycles. The zero-order valence-electron chi connectivity index (χ0n) is 14.8. The van der Waals surface area contributed by atoms with Gasteiger partial charge in [0.25, 0.3) is 0 Å². The van der Waals surface area contributed by atoms with Gasteiger partial charge in [0.05, 0.1) is 17.7 Å². The van der Waals surface area contributed by atoms with Crippen LogP contribution in [0.3, 0.4) is 0 Å². The van der Waals surface area contributed by atoms with Gasteiger partial charge in [-0.25, -0.2) is 14.4 Å². The monoisotopic (exact) mass is 373 g/mol. The minimum atomic E-state index is -0.220. The van der Waals surface area contributed by atoms with Crippen LogP contribution < -0.4 is 4.98 Å². The van der Waals surface area contributed by atoms with Crippen molar-refractivity contribution in [2.75, 3.05) is 7.18 Å². The molecule has 2 aromatic heterocycles. The van der Waals surface area contributed by atoms with Crippen LogP contribution >= 0.6 is 11.3 Å². The molecule has 0 unspecified atom stereocenters. The minimum absolute atomic E-state index is 0.220. The molecular weight excluding hydrogens is 354 g/mol. The van der Waals surface area contributed by atoms with Gasteiger partial charge in [0.1, 0.15) is 18.3 Å². The predicted molar refractivity (Wildman–Crippen MR) is 100 cm³/mol. The Morgan fingerprint density at radius 3 is 2.38 bits per heavy atom. The predicted octanol–water partition coefficient (Wildman–Crippen LogP) is 4.18. The summed E-state index contributed by atoms with van der Waals surface area (Å²) in [6.45, 7) is 5.86. The molecule has 0 aliphatic carbocycles. The SMILES string of the molecule is C=O.CF.Cc1nc(C#Cc2ccc(-c3ccc(F)cc3C)[nH+]c2)cs1. The van der Waals surface area contributed by atoms with E-state index in [0.717, 1.165) is 33.1 Å². The van der Waals surface area contributed by atoms with E-state index in [2.05, 4.69) is 21.8 Å². The van der Waals surface area contributed by atoms with Crippen LogP contribution in [0.1, 0.15) is 21.8 Å². The maximum atomic E-state index is 13.2. The number of H-pyrrole nitrogens is 1. The Balaban J connectivity index is 0.000000791. The Bertz CT molecular complexity index is 896. The molecule has 1 N–H and O–H groups in total. The summed E-state index contributed by atoms with van der Waals surface area (Å²) in [5.74, 6) is 5.90. The van der Waals surface area contributed by atoms with Gasteiger partial charge in [0.15, 0.2) is 6.20 Å². The van der Waals surface area contributed by atoms with Gasteiger partial charge in [-0.2, -0.15) is 0 Å². The second-order valence-electron chi connectivity index (χ2n) is 4.95. The molecule has 3 aromatic rings. The highest BCUT2D eigenvalue weighted by atomic mass is 32.1. The summed E-state index contributed by atoms with van der Waals surface area (Å²) in [5.41, 5.74) is 4.49. The number of nitrogens with zero attached hydrogens (tertiary/aromatic N) is 1. The topological polar surface area (TPSA) is 44.1 Å². The van der Waals surface area contributed by atoms with Crippen molar-refractivity contribution >= 4 is 18.1 Å². The molecule has 2 heterocycles. The van der Waals surface area contributed by atoms with Gasteiger partial charge in [-0.05, 0) is 49.6 Å². The molecule has 0 saturated heterocycles. The number of hydrogen-bond acceptors (Lipinski definition) is 3. The molecule has 0 fully saturated rings. The molecule has 3 nitrogen and oxygen atoms in total. The minimum Gasteiger partial charge on any atom is -0.307 e. The quantitative estimate of drug-likeness (QED) is 0.601. The average Bonchev–Trinajstić information content (AvgIpc) is 3.09. The van der Waals surface area contributed by atoms with Gasteiger partial charge in [-0.1, -0.05) is 5.92 Å². The summed E-state index contributed by atoms with van der Waals surface area (Å²) >= 11 is 1.59. The summed E-state index contributed by atoms with van der Waals surface area (Å²) in [6.07, 6.45) is 1.85. The fraction of sp³-hybridized carbons (Fsp3) is 0.150. The first-order valence-electron chi connectivity index (χ1n) is 7.51. The number of aromatic nitrogens is 2. The fourth-order valence-corrected chi connectivity index (χ4v) is 2.70. The molecule has 0 aliphatic rings. The zero-order chi connectivity index (χ0) is 19.5. The number of carbonyl (C=O) groups is 1. The summed E-state index contributed by atoms with van der Waals surface area (Å²) in [5, 5.41) is 2.96. The molecule has 1 aromatic carbocycles. The Hall–Kier alpha value is -2.91. The maximum Gasteiger partial charge on any atom is 0.211 e. The molecule has 0 aliphatic heterocycles. The lowest BCUT2D eigenvalue weighted by Gasteiger charge is -2.00. The summed E-state index contributed by atoms with van der Waals surface area (Å²) in [4.78, 5) is 15.5. The van der Waals surface area contributed by atoms with Crippen LogP contribution in [0.4, 0.5) is 8.78 Å². The Labute approximate surface area is 155 Å². The zero-order valence-corrected chi connectivity index (χ0v) is 15.6. The van der Waals surface area contributed by atoms with Crippen LogP contribution in [0, 0.1) is 31.5 Å². The van der Waals surface area contributed by atoms with E-state index in [9.17, 15) is 8.78 Å². The normalized spacial score (nSPS) is 8.96. The highest BCUT2D eigenvalue weighted by molar-refractivity contribution is 7.09. The van der Waals surface area contributed by atoms with Gasteiger partial charge < -0.3 is 4.79 Å². The van der Waals surface area contributed by atoms with E-state index < -0.39 is 0 Å². The van der Waals surface area contributed by atoms with E-state index in [4.69, 9.17) is 4.79 Å². The number of aromatic amines is 1. The van der Waals surface area contributed by atoms with Gasteiger partial charge in [-0.3, -0.25) is 4.39 Å². The van der Waals surface area contributed by atoms with Gasteiger partial charge in [-0.15, -0.1) is 11.3 Å². The van der Waals surface area contributed by atoms with Crippen LogP contribution in [-0.2, 0) is 4.79 Å². The Kier molecular flexibility index (Phi) is 8.82. The maximum absolute atomic E-state index is 13.2. The summed E-state index contributed by atoms with van der Waals surface area (Å²) < 4.78 is 22.7. The highest BCUT2D eigenvalue weighted by Gasteiger charge is 2.09. The third kappa shape index (κ3) is 5.87. The number of hydrogen-bond donors (Lipinski definition) is 0. The molecule has 3 rings (SSSR count). The van der Waals surface area contributed by atoms with Crippen molar-refractivity contribution in [3.8, 4) is 23.1 Å². The first-order valence-corrected chi connectivity index (χ1v) is 8.39. The number of benzene rings is 1. The lowest BCUT2D eigenvalue weighted by atomic mass is 10.0. The molecular formula is C20H19F2N2OS+. The van der Waals surface area contributed by atoms with Crippen molar-refractivity contribution in [1.82, 2.24) is 4.98 Å². The summed E-state index contributed by atoms with van der Waals surface area (Å²) in [6, 6.07) is 8.67. The van der Waals surface area contributed by atoms with Gasteiger partial charge >= 0.3 is 0 Å². The molecule has 0 atom stereocenters. The lowest BCUT2D eigenvalue weighted by molar-refractivity contribution is -0.364. The van der Waals surface area contributed by atoms with Crippen molar-refractivity contribution in [2.45, 2.75) is 13.8 Å². The molecule has 0 radical (unpaired) electrons.